The third kappa shape index (κ3) is 3.65. The fourth-order valence-electron chi connectivity index (χ4n) is 0.953. The summed E-state index contributed by atoms with van der Waals surface area (Å²) in [7, 11) is 0. The predicted octanol–water partition coefficient (Wildman–Crippen LogP) is 3.10. The van der Waals surface area contributed by atoms with Crippen molar-refractivity contribution in [3.05, 3.63) is 0 Å². The Hall–Kier alpha value is -0.330. The largest absolute Gasteiger partial charge is 0.313 e. The Morgan fingerprint density at radius 1 is 1.40 bits per heavy atom. The van der Waals surface area contributed by atoms with Gasteiger partial charge in [0.1, 0.15) is 0 Å². The Morgan fingerprint density at radius 3 is 2.40 bits per heavy atom. The van der Waals surface area contributed by atoms with E-state index in [-0.39, 0.29) is 0 Å². The molecule has 0 saturated heterocycles. The molecule has 0 aliphatic heterocycles. The number of hydrogen-bond donors (Lipinski definition) is 1. The Bertz CT molecular complexity index is 88.7. The SMILES string of the molecule is CCCC[C@H](C)[C@@H](C)C=N. The lowest BCUT2D eigenvalue weighted by molar-refractivity contribution is 0.437. The van der Waals surface area contributed by atoms with Crippen molar-refractivity contribution in [2.75, 3.05) is 0 Å². The van der Waals surface area contributed by atoms with E-state index in [1.54, 1.807) is 6.21 Å². The average molecular weight is 141 g/mol. The van der Waals surface area contributed by atoms with E-state index in [2.05, 4.69) is 20.8 Å². The smallest absolute Gasteiger partial charge is 0.00168 e. The lowest BCUT2D eigenvalue weighted by atomic mass is 9.92. The fraction of sp³-hybridized carbons (Fsp3) is 0.889. The van der Waals surface area contributed by atoms with Gasteiger partial charge >= 0.3 is 0 Å². The summed E-state index contributed by atoms with van der Waals surface area (Å²) in [4.78, 5) is 0. The molecule has 0 rings (SSSR count). The summed E-state index contributed by atoms with van der Waals surface area (Å²) in [5.41, 5.74) is 0. The van der Waals surface area contributed by atoms with Crippen molar-refractivity contribution >= 4 is 6.21 Å². The van der Waals surface area contributed by atoms with Crippen LogP contribution in [0.25, 0.3) is 0 Å². The molecule has 0 saturated carbocycles. The zero-order chi connectivity index (χ0) is 7.98. The first-order valence-corrected chi connectivity index (χ1v) is 4.23. The quantitative estimate of drug-likeness (QED) is 0.569. The third-order valence-electron chi connectivity index (χ3n) is 2.17. The maximum atomic E-state index is 7.05. The molecule has 1 heteroatoms. The van der Waals surface area contributed by atoms with Crippen LogP contribution in [0.5, 0.6) is 0 Å². The molecule has 0 radical (unpaired) electrons. The van der Waals surface area contributed by atoms with Crippen molar-refractivity contribution < 1.29 is 0 Å². The zero-order valence-corrected chi connectivity index (χ0v) is 7.35. The van der Waals surface area contributed by atoms with Gasteiger partial charge in [-0.15, -0.1) is 0 Å². The van der Waals surface area contributed by atoms with E-state index >= 15 is 0 Å². The van der Waals surface area contributed by atoms with Crippen LogP contribution in [-0.4, -0.2) is 6.21 Å². The number of unbranched alkanes of at least 4 members (excludes halogenated alkanes) is 1. The highest BCUT2D eigenvalue weighted by atomic mass is 14.3. The molecule has 0 bridgehead atoms. The minimum atomic E-state index is 0.464. The molecular weight excluding hydrogens is 122 g/mol. The van der Waals surface area contributed by atoms with Crippen LogP contribution < -0.4 is 0 Å². The van der Waals surface area contributed by atoms with Crippen LogP contribution in [0.4, 0.5) is 0 Å². The van der Waals surface area contributed by atoms with Crippen molar-refractivity contribution in [2.24, 2.45) is 11.8 Å². The van der Waals surface area contributed by atoms with Gasteiger partial charge in [0, 0.05) is 0 Å². The average Bonchev–Trinajstić information content (AvgIpc) is 1.98. The summed E-state index contributed by atoms with van der Waals surface area (Å²) in [5, 5.41) is 7.05. The normalized spacial score (nSPS) is 16.3. The van der Waals surface area contributed by atoms with Gasteiger partial charge in [0.05, 0.1) is 0 Å². The Morgan fingerprint density at radius 2 is 2.00 bits per heavy atom. The summed E-state index contributed by atoms with van der Waals surface area (Å²) >= 11 is 0. The predicted molar refractivity (Wildman–Crippen MR) is 46.6 cm³/mol. The van der Waals surface area contributed by atoms with Gasteiger partial charge in [-0.05, 0) is 18.1 Å². The Kier molecular flexibility index (Phi) is 5.27. The van der Waals surface area contributed by atoms with Crippen molar-refractivity contribution in [1.29, 1.82) is 5.41 Å². The highest BCUT2D eigenvalue weighted by molar-refractivity contribution is 5.56. The van der Waals surface area contributed by atoms with Gasteiger partial charge in [0.25, 0.3) is 0 Å². The van der Waals surface area contributed by atoms with E-state index < -0.39 is 0 Å². The van der Waals surface area contributed by atoms with E-state index in [1.807, 2.05) is 0 Å². The molecule has 0 amide bonds. The highest BCUT2D eigenvalue weighted by Gasteiger charge is 2.07. The number of rotatable bonds is 5. The molecule has 0 aromatic rings. The maximum absolute atomic E-state index is 7.05. The zero-order valence-electron chi connectivity index (χ0n) is 7.35. The van der Waals surface area contributed by atoms with Crippen molar-refractivity contribution in [1.82, 2.24) is 0 Å². The molecular formula is C9H19N. The van der Waals surface area contributed by atoms with Crippen LogP contribution in [0.1, 0.15) is 40.0 Å². The number of nitrogens with one attached hydrogen (secondary N) is 1. The second kappa shape index (κ2) is 5.45. The van der Waals surface area contributed by atoms with Gasteiger partial charge in [-0.1, -0.05) is 40.0 Å². The van der Waals surface area contributed by atoms with E-state index in [4.69, 9.17) is 5.41 Å². The van der Waals surface area contributed by atoms with Crippen LogP contribution in [0.3, 0.4) is 0 Å². The van der Waals surface area contributed by atoms with Gasteiger partial charge < -0.3 is 5.41 Å². The monoisotopic (exact) mass is 141 g/mol. The van der Waals surface area contributed by atoms with Gasteiger partial charge in [-0.2, -0.15) is 0 Å². The summed E-state index contributed by atoms with van der Waals surface area (Å²) in [6.07, 6.45) is 5.40. The van der Waals surface area contributed by atoms with Crippen molar-refractivity contribution in [3.8, 4) is 0 Å². The van der Waals surface area contributed by atoms with Crippen LogP contribution in [0.15, 0.2) is 0 Å². The van der Waals surface area contributed by atoms with Crippen molar-refractivity contribution in [2.45, 2.75) is 40.0 Å². The van der Waals surface area contributed by atoms with E-state index in [9.17, 15) is 0 Å². The topological polar surface area (TPSA) is 23.9 Å². The molecule has 0 aliphatic carbocycles. The second-order valence-electron chi connectivity index (χ2n) is 3.15. The molecule has 60 valence electrons. The van der Waals surface area contributed by atoms with Crippen LogP contribution in [0, 0.1) is 17.2 Å². The standard InChI is InChI=1S/C9H19N/c1-4-5-6-8(2)9(3)7-10/h7-10H,4-6H2,1-3H3/t8-,9-/m0/s1. The molecule has 0 fully saturated rings. The Labute approximate surface area is 64.3 Å². The molecule has 0 heterocycles. The molecule has 0 aromatic heterocycles. The fourth-order valence-corrected chi connectivity index (χ4v) is 0.953. The van der Waals surface area contributed by atoms with E-state index in [0.29, 0.717) is 11.8 Å². The van der Waals surface area contributed by atoms with Crippen LogP contribution in [-0.2, 0) is 0 Å². The second-order valence-corrected chi connectivity index (χ2v) is 3.15. The maximum Gasteiger partial charge on any atom is -0.00168 e. The van der Waals surface area contributed by atoms with Crippen molar-refractivity contribution in [3.63, 3.8) is 0 Å². The summed E-state index contributed by atoms with van der Waals surface area (Å²) in [5.74, 6) is 1.16. The van der Waals surface area contributed by atoms with Gasteiger partial charge in [-0.25, -0.2) is 0 Å². The minimum Gasteiger partial charge on any atom is -0.313 e. The third-order valence-corrected chi connectivity index (χ3v) is 2.17. The summed E-state index contributed by atoms with van der Waals surface area (Å²) in [6.45, 7) is 6.56. The molecule has 10 heavy (non-hydrogen) atoms. The first kappa shape index (κ1) is 9.67. The number of hydrogen-bond acceptors (Lipinski definition) is 1. The van der Waals surface area contributed by atoms with Gasteiger partial charge in [0.15, 0.2) is 0 Å². The Balaban J connectivity index is 3.40. The molecule has 0 spiro atoms. The molecule has 2 atom stereocenters. The molecule has 1 N–H and O–H groups in total. The summed E-state index contributed by atoms with van der Waals surface area (Å²) in [6, 6.07) is 0. The lowest BCUT2D eigenvalue weighted by Gasteiger charge is -2.13. The van der Waals surface area contributed by atoms with E-state index in [1.165, 1.54) is 19.3 Å². The lowest BCUT2D eigenvalue weighted by Crippen LogP contribution is -2.08. The van der Waals surface area contributed by atoms with E-state index in [0.717, 1.165) is 0 Å². The highest BCUT2D eigenvalue weighted by Crippen LogP contribution is 2.15. The van der Waals surface area contributed by atoms with Crippen LogP contribution >= 0.6 is 0 Å². The van der Waals surface area contributed by atoms with Crippen LogP contribution in [0.2, 0.25) is 0 Å². The first-order chi connectivity index (χ1) is 4.72. The first-order valence-electron chi connectivity index (χ1n) is 4.23. The molecule has 0 aliphatic rings. The van der Waals surface area contributed by atoms with Gasteiger partial charge in [0.2, 0.25) is 0 Å². The molecule has 0 aromatic carbocycles. The minimum absolute atomic E-state index is 0.464. The molecule has 1 nitrogen and oxygen atoms in total. The van der Waals surface area contributed by atoms with Gasteiger partial charge in [-0.3, -0.25) is 0 Å². The molecule has 0 unspecified atom stereocenters. The summed E-state index contributed by atoms with van der Waals surface area (Å²) < 4.78 is 0.